The van der Waals surface area contributed by atoms with Crippen molar-refractivity contribution in [3.63, 3.8) is 0 Å². The summed E-state index contributed by atoms with van der Waals surface area (Å²) in [5.74, 6) is -1.65. The van der Waals surface area contributed by atoms with Crippen LogP contribution < -0.4 is 10.5 Å². The molecule has 0 bridgehead atoms. The lowest BCUT2D eigenvalue weighted by Crippen LogP contribution is -2.03. The third-order valence-corrected chi connectivity index (χ3v) is 3.18. The summed E-state index contributed by atoms with van der Waals surface area (Å²) >= 11 is 0. The van der Waals surface area contributed by atoms with Crippen LogP contribution >= 0.6 is 0 Å². The lowest BCUT2D eigenvalue weighted by molar-refractivity contribution is 0.0697. The molecule has 7 nitrogen and oxygen atoms in total. The summed E-state index contributed by atoms with van der Waals surface area (Å²) in [5.41, 5.74) is 6.45. The number of carbonyl (C=O) groups is 1. The Morgan fingerprint density at radius 2 is 2.18 bits per heavy atom. The standard InChI is InChI=1S/C14H11FN4O3/c1-22-11-3-2-7(4-10(11)15)9-6-19-12(17-14(16)18-19)5-8(9)13(20)21/h2-6H,1H3,(H2,16,18)(H,20,21). The van der Waals surface area contributed by atoms with Crippen LogP contribution in [0.4, 0.5) is 10.3 Å². The van der Waals surface area contributed by atoms with Gasteiger partial charge in [-0.25, -0.2) is 13.7 Å². The molecule has 0 saturated heterocycles. The predicted molar refractivity (Wildman–Crippen MR) is 76.3 cm³/mol. The number of nitrogens with two attached hydrogens (primary N) is 1. The van der Waals surface area contributed by atoms with Crippen molar-refractivity contribution in [2.45, 2.75) is 0 Å². The van der Waals surface area contributed by atoms with E-state index in [-0.39, 0.29) is 17.3 Å². The molecule has 0 amide bonds. The van der Waals surface area contributed by atoms with E-state index in [2.05, 4.69) is 10.1 Å². The van der Waals surface area contributed by atoms with Gasteiger partial charge in [-0.05, 0) is 23.8 Å². The predicted octanol–water partition coefficient (Wildman–Crippen LogP) is 1.82. The van der Waals surface area contributed by atoms with Gasteiger partial charge in [0, 0.05) is 11.8 Å². The molecule has 2 heterocycles. The van der Waals surface area contributed by atoms with Gasteiger partial charge in [0.2, 0.25) is 5.95 Å². The van der Waals surface area contributed by atoms with Gasteiger partial charge in [-0.15, -0.1) is 5.10 Å². The van der Waals surface area contributed by atoms with Crippen LogP contribution in [0.15, 0.2) is 30.5 Å². The number of ether oxygens (including phenoxy) is 1. The average Bonchev–Trinajstić information content (AvgIpc) is 2.84. The van der Waals surface area contributed by atoms with Gasteiger partial charge in [0.25, 0.3) is 0 Å². The number of carboxylic acid groups (broad SMARTS) is 1. The molecule has 0 aliphatic carbocycles. The van der Waals surface area contributed by atoms with E-state index in [1.807, 2.05) is 0 Å². The number of rotatable bonds is 3. The minimum Gasteiger partial charge on any atom is -0.494 e. The summed E-state index contributed by atoms with van der Waals surface area (Å²) in [6, 6.07) is 5.53. The highest BCUT2D eigenvalue weighted by molar-refractivity contribution is 5.97. The topological polar surface area (TPSA) is 103 Å². The molecule has 0 atom stereocenters. The lowest BCUT2D eigenvalue weighted by atomic mass is 10.0. The number of hydrogen-bond donors (Lipinski definition) is 2. The maximum absolute atomic E-state index is 13.9. The number of carboxylic acids is 1. The van der Waals surface area contributed by atoms with Crippen LogP contribution in [0.25, 0.3) is 16.8 Å². The van der Waals surface area contributed by atoms with Crippen LogP contribution in [0, 0.1) is 5.82 Å². The number of aromatic nitrogens is 3. The van der Waals surface area contributed by atoms with Crippen molar-refractivity contribution in [1.82, 2.24) is 14.6 Å². The SMILES string of the molecule is COc1ccc(-c2cn3nc(N)nc3cc2C(=O)O)cc1F. The van der Waals surface area contributed by atoms with Gasteiger partial charge in [-0.1, -0.05) is 6.07 Å². The van der Waals surface area contributed by atoms with Crippen molar-refractivity contribution in [1.29, 1.82) is 0 Å². The van der Waals surface area contributed by atoms with Crippen molar-refractivity contribution in [2.75, 3.05) is 12.8 Å². The second-order valence-electron chi connectivity index (χ2n) is 4.53. The van der Waals surface area contributed by atoms with E-state index in [1.54, 1.807) is 6.07 Å². The molecule has 3 aromatic rings. The third-order valence-electron chi connectivity index (χ3n) is 3.18. The Kier molecular flexibility index (Phi) is 3.13. The van der Waals surface area contributed by atoms with E-state index in [9.17, 15) is 14.3 Å². The third kappa shape index (κ3) is 2.20. The van der Waals surface area contributed by atoms with E-state index in [1.165, 1.54) is 36.0 Å². The Morgan fingerprint density at radius 3 is 2.82 bits per heavy atom. The van der Waals surface area contributed by atoms with Gasteiger partial charge >= 0.3 is 5.97 Å². The number of benzene rings is 1. The molecule has 8 heteroatoms. The number of aromatic carboxylic acids is 1. The molecular weight excluding hydrogens is 291 g/mol. The highest BCUT2D eigenvalue weighted by Crippen LogP contribution is 2.28. The fourth-order valence-electron chi connectivity index (χ4n) is 2.19. The highest BCUT2D eigenvalue weighted by Gasteiger charge is 2.16. The average molecular weight is 302 g/mol. The zero-order valence-electron chi connectivity index (χ0n) is 11.4. The minimum absolute atomic E-state index is 0.0226. The smallest absolute Gasteiger partial charge is 0.336 e. The number of methoxy groups -OCH3 is 1. The molecule has 3 N–H and O–H groups in total. The van der Waals surface area contributed by atoms with Crippen LogP contribution in [-0.2, 0) is 0 Å². The second-order valence-corrected chi connectivity index (χ2v) is 4.53. The van der Waals surface area contributed by atoms with Gasteiger partial charge in [-0.3, -0.25) is 0 Å². The van der Waals surface area contributed by atoms with Crippen LogP contribution in [0.2, 0.25) is 0 Å². The summed E-state index contributed by atoms with van der Waals surface area (Å²) < 4.78 is 20.1. The van der Waals surface area contributed by atoms with Gasteiger partial charge in [-0.2, -0.15) is 4.98 Å². The first-order chi connectivity index (χ1) is 10.5. The number of pyridine rings is 1. The number of fused-ring (bicyclic) bond motifs is 1. The molecular formula is C14H11FN4O3. The first-order valence-electron chi connectivity index (χ1n) is 6.22. The molecule has 0 aliphatic rings. The van der Waals surface area contributed by atoms with Crippen molar-refractivity contribution < 1.29 is 19.0 Å². The lowest BCUT2D eigenvalue weighted by Gasteiger charge is -2.09. The molecule has 2 aromatic heterocycles. The van der Waals surface area contributed by atoms with Gasteiger partial charge in [0.1, 0.15) is 0 Å². The maximum atomic E-state index is 13.9. The molecule has 0 fully saturated rings. The summed E-state index contributed by atoms with van der Waals surface area (Å²) in [7, 11) is 1.35. The van der Waals surface area contributed by atoms with Crippen molar-refractivity contribution in [3.8, 4) is 16.9 Å². The Morgan fingerprint density at radius 1 is 1.41 bits per heavy atom. The molecule has 0 spiro atoms. The molecule has 112 valence electrons. The largest absolute Gasteiger partial charge is 0.494 e. The molecule has 0 saturated carbocycles. The second kappa shape index (κ2) is 4.99. The van der Waals surface area contributed by atoms with E-state index in [4.69, 9.17) is 10.5 Å². The summed E-state index contributed by atoms with van der Waals surface area (Å²) in [6.07, 6.45) is 1.45. The van der Waals surface area contributed by atoms with Crippen LogP contribution in [0.1, 0.15) is 10.4 Å². The van der Waals surface area contributed by atoms with E-state index < -0.39 is 11.8 Å². The number of halogens is 1. The normalized spacial score (nSPS) is 10.8. The fourth-order valence-corrected chi connectivity index (χ4v) is 2.19. The number of hydrogen-bond acceptors (Lipinski definition) is 5. The Labute approximate surface area is 123 Å². The van der Waals surface area contributed by atoms with Crippen LogP contribution in [0.3, 0.4) is 0 Å². The summed E-state index contributed by atoms with van der Waals surface area (Å²) in [4.78, 5) is 15.4. The first-order valence-corrected chi connectivity index (χ1v) is 6.22. The molecule has 0 aliphatic heterocycles. The highest BCUT2D eigenvalue weighted by atomic mass is 19.1. The molecule has 1 aromatic carbocycles. The van der Waals surface area contributed by atoms with Gasteiger partial charge < -0.3 is 15.6 Å². The van der Waals surface area contributed by atoms with Crippen molar-refractivity contribution in [2.24, 2.45) is 0 Å². The van der Waals surface area contributed by atoms with Gasteiger partial charge in [0.15, 0.2) is 17.2 Å². The monoisotopic (exact) mass is 302 g/mol. The number of nitrogen functional groups attached to an aromatic ring is 1. The number of anilines is 1. The fraction of sp³-hybridized carbons (Fsp3) is 0.0714. The van der Waals surface area contributed by atoms with E-state index in [0.29, 0.717) is 16.8 Å². The Balaban J connectivity index is 2.25. The van der Waals surface area contributed by atoms with E-state index >= 15 is 0 Å². The summed E-state index contributed by atoms with van der Waals surface area (Å²) in [5, 5.41) is 13.3. The first kappa shape index (κ1) is 13.8. The van der Waals surface area contributed by atoms with Gasteiger partial charge in [0.05, 0.1) is 12.7 Å². The molecule has 3 rings (SSSR count). The maximum Gasteiger partial charge on any atom is 0.336 e. The molecule has 0 radical (unpaired) electrons. The quantitative estimate of drug-likeness (QED) is 0.765. The van der Waals surface area contributed by atoms with E-state index in [0.717, 1.165) is 0 Å². The van der Waals surface area contributed by atoms with Crippen molar-refractivity contribution in [3.05, 3.63) is 41.8 Å². The molecule has 0 unspecified atom stereocenters. The Bertz CT molecular complexity index is 891. The Hall–Kier alpha value is -3.16. The minimum atomic E-state index is -1.16. The zero-order chi connectivity index (χ0) is 15.9. The zero-order valence-corrected chi connectivity index (χ0v) is 11.4. The summed E-state index contributed by atoms with van der Waals surface area (Å²) in [6.45, 7) is 0. The van der Waals surface area contributed by atoms with Crippen molar-refractivity contribution >= 4 is 17.6 Å². The molecule has 22 heavy (non-hydrogen) atoms. The van der Waals surface area contributed by atoms with Crippen LogP contribution in [-0.4, -0.2) is 32.8 Å². The van der Waals surface area contributed by atoms with Crippen LogP contribution in [0.5, 0.6) is 5.75 Å². The number of nitrogens with zero attached hydrogens (tertiary/aromatic N) is 3.